The summed E-state index contributed by atoms with van der Waals surface area (Å²) < 4.78 is 8.62. The van der Waals surface area contributed by atoms with Crippen LogP contribution in [0, 0.1) is 12.3 Å². The van der Waals surface area contributed by atoms with Gasteiger partial charge in [-0.2, -0.15) is 0 Å². The zero-order valence-corrected chi connectivity index (χ0v) is 4.51. The van der Waals surface area contributed by atoms with E-state index in [1.54, 1.807) is 5.92 Å². The van der Waals surface area contributed by atoms with E-state index in [0.29, 0.717) is 0 Å². The number of esters is 1. The van der Waals surface area contributed by atoms with Crippen molar-refractivity contribution in [2.45, 2.75) is 0 Å². The van der Waals surface area contributed by atoms with Gasteiger partial charge in [0.05, 0.1) is 0 Å². The summed E-state index contributed by atoms with van der Waals surface area (Å²) in [5, 5.41) is 0. The van der Waals surface area contributed by atoms with Gasteiger partial charge in [0.15, 0.2) is 6.79 Å². The average molecular weight is 114 g/mol. The molecule has 0 saturated carbocycles. The topological polar surface area (TPSA) is 35.5 Å². The van der Waals surface area contributed by atoms with E-state index in [1.807, 2.05) is 0 Å². The molecule has 0 aromatic carbocycles. The van der Waals surface area contributed by atoms with Crippen LogP contribution in [0.4, 0.5) is 0 Å². The molecule has 0 unspecified atom stereocenters. The van der Waals surface area contributed by atoms with Crippen molar-refractivity contribution in [3.8, 4) is 12.3 Å². The summed E-state index contributed by atoms with van der Waals surface area (Å²) in [5.74, 6) is 1.06. The molecule has 0 N–H and O–H groups in total. The Morgan fingerprint density at radius 1 is 1.88 bits per heavy atom. The number of carbonyl (C=O) groups excluding carboxylic acids is 1. The first-order valence-electron chi connectivity index (χ1n) is 1.93. The predicted octanol–water partition coefficient (Wildman–Crippen LogP) is -0.233. The summed E-state index contributed by atoms with van der Waals surface area (Å²) in [6.45, 7) is -0.0803. The molecule has 0 aliphatic heterocycles. The molecule has 0 fully saturated rings. The largest absolute Gasteiger partial charge is 0.429 e. The fourth-order valence-corrected chi connectivity index (χ4v) is 0.154. The van der Waals surface area contributed by atoms with Crippen molar-refractivity contribution in [1.29, 1.82) is 0 Å². The number of hydrogen-bond donors (Lipinski definition) is 0. The molecular formula is C5H6O3. The van der Waals surface area contributed by atoms with Gasteiger partial charge in [-0.05, 0) is 0 Å². The van der Waals surface area contributed by atoms with Crippen molar-refractivity contribution in [1.82, 2.24) is 0 Å². The summed E-state index contributed by atoms with van der Waals surface area (Å²) in [7, 11) is 1.41. The SMILES string of the molecule is C#CC(=O)OCOC. The summed E-state index contributed by atoms with van der Waals surface area (Å²) >= 11 is 0. The van der Waals surface area contributed by atoms with E-state index in [0.717, 1.165) is 0 Å². The number of terminal acetylenes is 1. The van der Waals surface area contributed by atoms with E-state index in [4.69, 9.17) is 0 Å². The maximum atomic E-state index is 10.0. The van der Waals surface area contributed by atoms with Gasteiger partial charge in [0.1, 0.15) is 0 Å². The Balaban J connectivity index is 3.16. The van der Waals surface area contributed by atoms with E-state index < -0.39 is 5.97 Å². The Kier molecular flexibility index (Phi) is 3.63. The van der Waals surface area contributed by atoms with Gasteiger partial charge in [-0.1, -0.05) is 0 Å². The van der Waals surface area contributed by atoms with Crippen LogP contribution in [0.25, 0.3) is 0 Å². The summed E-state index contributed by atoms with van der Waals surface area (Å²) in [6.07, 6.45) is 4.63. The highest BCUT2D eigenvalue weighted by molar-refractivity contribution is 5.87. The lowest BCUT2D eigenvalue weighted by Crippen LogP contribution is -2.03. The van der Waals surface area contributed by atoms with Crippen LogP contribution in [0.15, 0.2) is 0 Å². The van der Waals surface area contributed by atoms with Crippen LogP contribution < -0.4 is 0 Å². The van der Waals surface area contributed by atoms with Crippen LogP contribution in [-0.2, 0) is 14.3 Å². The van der Waals surface area contributed by atoms with Gasteiger partial charge in [0.2, 0.25) is 0 Å². The molecule has 3 nitrogen and oxygen atoms in total. The van der Waals surface area contributed by atoms with Crippen molar-refractivity contribution in [2.24, 2.45) is 0 Å². The van der Waals surface area contributed by atoms with Crippen LogP contribution in [0.5, 0.6) is 0 Å². The third kappa shape index (κ3) is 3.19. The van der Waals surface area contributed by atoms with Crippen LogP contribution in [-0.4, -0.2) is 19.9 Å². The summed E-state index contributed by atoms with van der Waals surface area (Å²) in [5.41, 5.74) is 0. The Morgan fingerprint density at radius 2 is 2.50 bits per heavy atom. The van der Waals surface area contributed by atoms with Crippen LogP contribution in [0.3, 0.4) is 0 Å². The minimum Gasteiger partial charge on any atom is -0.429 e. The highest BCUT2D eigenvalue weighted by atomic mass is 16.7. The van der Waals surface area contributed by atoms with Crippen molar-refractivity contribution in [3.05, 3.63) is 0 Å². The second-order valence-electron chi connectivity index (χ2n) is 0.983. The van der Waals surface area contributed by atoms with E-state index in [-0.39, 0.29) is 6.79 Å². The minimum atomic E-state index is -0.702. The number of hydrogen-bond acceptors (Lipinski definition) is 3. The molecule has 0 saturated heterocycles. The standard InChI is InChI=1S/C5H6O3/c1-3-5(6)8-4-7-2/h1H,4H2,2H3. The fraction of sp³-hybridized carbons (Fsp3) is 0.400. The molecule has 3 heteroatoms. The van der Waals surface area contributed by atoms with Gasteiger partial charge in [-0.15, -0.1) is 6.42 Å². The zero-order valence-electron chi connectivity index (χ0n) is 4.51. The Labute approximate surface area is 47.6 Å². The molecule has 0 atom stereocenters. The molecule has 0 aliphatic carbocycles. The lowest BCUT2D eigenvalue weighted by molar-refractivity contribution is -0.146. The van der Waals surface area contributed by atoms with E-state index in [1.165, 1.54) is 7.11 Å². The molecule has 0 aromatic rings. The molecule has 0 amide bonds. The quantitative estimate of drug-likeness (QED) is 0.215. The first kappa shape index (κ1) is 6.99. The molecule has 0 heterocycles. The normalized spacial score (nSPS) is 7.50. The van der Waals surface area contributed by atoms with Gasteiger partial charge >= 0.3 is 5.97 Å². The van der Waals surface area contributed by atoms with E-state index >= 15 is 0 Å². The van der Waals surface area contributed by atoms with Gasteiger partial charge in [0.25, 0.3) is 0 Å². The maximum Gasteiger partial charge on any atom is 0.386 e. The zero-order chi connectivity index (χ0) is 6.41. The summed E-state index contributed by atoms with van der Waals surface area (Å²) in [6, 6.07) is 0. The molecule has 0 radical (unpaired) electrons. The molecule has 0 rings (SSSR count). The summed E-state index contributed by atoms with van der Waals surface area (Å²) in [4.78, 5) is 10.0. The first-order valence-corrected chi connectivity index (χ1v) is 1.93. The van der Waals surface area contributed by atoms with Crippen LogP contribution in [0.1, 0.15) is 0 Å². The van der Waals surface area contributed by atoms with Crippen LogP contribution in [0.2, 0.25) is 0 Å². The second kappa shape index (κ2) is 4.16. The van der Waals surface area contributed by atoms with Crippen molar-refractivity contribution in [2.75, 3.05) is 13.9 Å². The number of carbonyl (C=O) groups is 1. The van der Waals surface area contributed by atoms with E-state index in [9.17, 15) is 4.79 Å². The molecule has 44 valence electrons. The monoisotopic (exact) mass is 114 g/mol. The smallest absolute Gasteiger partial charge is 0.386 e. The predicted molar refractivity (Wildman–Crippen MR) is 26.8 cm³/mol. The minimum absolute atomic E-state index is 0.0803. The van der Waals surface area contributed by atoms with Crippen molar-refractivity contribution >= 4 is 5.97 Å². The average Bonchev–Trinajstić information content (AvgIpc) is 1.83. The highest BCUT2D eigenvalue weighted by Gasteiger charge is 1.90. The number of rotatable bonds is 2. The van der Waals surface area contributed by atoms with Gasteiger partial charge < -0.3 is 9.47 Å². The molecule has 0 aromatic heterocycles. The Morgan fingerprint density at radius 3 is 2.88 bits per heavy atom. The lowest BCUT2D eigenvalue weighted by atomic mass is 10.7. The second-order valence-corrected chi connectivity index (χ2v) is 0.983. The van der Waals surface area contributed by atoms with Gasteiger partial charge in [0, 0.05) is 13.0 Å². The number of ether oxygens (including phenoxy) is 2. The fourth-order valence-electron chi connectivity index (χ4n) is 0.154. The first-order chi connectivity index (χ1) is 3.81. The lowest BCUT2D eigenvalue weighted by Gasteiger charge is -1.94. The molecule has 0 aliphatic rings. The van der Waals surface area contributed by atoms with Gasteiger partial charge in [-0.3, -0.25) is 0 Å². The van der Waals surface area contributed by atoms with Crippen LogP contribution >= 0.6 is 0 Å². The highest BCUT2D eigenvalue weighted by Crippen LogP contribution is 1.73. The number of methoxy groups -OCH3 is 1. The van der Waals surface area contributed by atoms with E-state index in [2.05, 4.69) is 15.9 Å². The Hall–Kier alpha value is -1.01. The van der Waals surface area contributed by atoms with Crippen molar-refractivity contribution < 1.29 is 14.3 Å². The molecule has 0 spiro atoms. The molecule has 0 bridgehead atoms. The Bertz CT molecular complexity index is 111. The van der Waals surface area contributed by atoms with Crippen molar-refractivity contribution in [3.63, 3.8) is 0 Å². The third-order valence-corrected chi connectivity index (χ3v) is 0.426. The maximum absolute atomic E-state index is 10.0. The molecular weight excluding hydrogens is 108 g/mol. The third-order valence-electron chi connectivity index (χ3n) is 0.426. The molecule has 8 heavy (non-hydrogen) atoms. The van der Waals surface area contributed by atoms with Gasteiger partial charge in [-0.25, -0.2) is 4.79 Å².